The highest BCUT2D eigenvalue weighted by Gasteiger charge is 2.27. The number of likely N-dealkylation sites (N-methyl/N-ethyl adjacent to an activating group) is 1. The lowest BCUT2D eigenvalue weighted by molar-refractivity contribution is -0.00736. The number of benzene rings is 1. The fraction of sp³-hybridized carbons (Fsp3) is 0.538. The van der Waals surface area contributed by atoms with Crippen LogP contribution in [0.5, 0.6) is 0 Å². The van der Waals surface area contributed by atoms with Crippen LogP contribution in [0.3, 0.4) is 0 Å². The van der Waals surface area contributed by atoms with Crippen LogP contribution in [-0.4, -0.2) is 19.8 Å². The number of ether oxygens (including phenoxy) is 1. The number of nitrogens with one attached hydrogen (secondary N) is 1. The Morgan fingerprint density at radius 2 is 2.18 bits per heavy atom. The maximum Gasteiger partial charge on any atom is 0.128 e. The number of halogens is 2. The zero-order valence-electron chi connectivity index (χ0n) is 9.88. The Bertz CT molecular complexity index is 378. The van der Waals surface area contributed by atoms with Crippen molar-refractivity contribution in [1.29, 1.82) is 0 Å². The zero-order valence-corrected chi connectivity index (χ0v) is 9.88. The monoisotopic (exact) mass is 241 g/mol. The van der Waals surface area contributed by atoms with E-state index in [2.05, 4.69) is 5.32 Å². The van der Waals surface area contributed by atoms with Crippen molar-refractivity contribution in [3.8, 4) is 0 Å². The van der Waals surface area contributed by atoms with E-state index in [1.165, 1.54) is 6.07 Å². The molecule has 1 aliphatic heterocycles. The van der Waals surface area contributed by atoms with Gasteiger partial charge in [-0.25, -0.2) is 8.78 Å². The zero-order chi connectivity index (χ0) is 12.3. The van der Waals surface area contributed by atoms with Gasteiger partial charge in [-0.2, -0.15) is 0 Å². The van der Waals surface area contributed by atoms with E-state index in [0.717, 1.165) is 31.4 Å². The molecule has 2 unspecified atom stereocenters. The first-order chi connectivity index (χ1) is 8.22. The van der Waals surface area contributed by atoms with E-state index in [1.807, 2.05) is 0 Å². The van der Waals surface area contributed by atoms with E-state index in [0.29, 0.717) is 12.2 Å². The largest absolute Gasteiger partial charge is 0.376 e. The minimum Gasteiger partial charge on any atom is -0.376 e. The van der Waals surface area contributed by atoms with Gasteiger partial charge in [-0.15, -0.1) is 0 Å². The maximum absolute atomic E-state index is 13.7. The molecule has 0 aromatic heterocycles. The summed E-state index contributed by atoms with van der Waals surface area (Å²) >= 11 is 0. The minimum absolute atomic E-state index is 0.0787. The lowest BCUT2D eigenvalue weighted by Gasteiger charge is -2.30. The molecule has 94 valence electrons. The molecule has 1 aliphatic rings. The molecule has 1 saturated heterocycles. The fourth-order valence-corrected chi connectivity index (χ4v) is 2.32. The summed E-state index contributed by atoms with van der Waals surface area (Å²) in [5.74, 6) is -0.808. The van der Waals surface area contributed by atoms with E-state index < -0.39 is 5.82 Å². The summed E-state index contributed by atoms with van der Waals surface area (Å²) in [4.78, 5) is 0. The minimum atomic E-state index is -0.419. The van der Waals surface area contributed by atoms with Crippen LogP contribution in [-0.2, 0) is 4.74 Å². The number of rotatable bonds is 3. The molecule has 2 nitrogen and oxygen atoms in total. The fourth-order valence-electron chi connectivity index (χ4n) is 2.32. The first-order valence-electron chi connectivity index (χ1n) is 5.96. The van der Waals surface area contributed by atoms with Gasteiger partial charge in [-0.1, -0.05) is 0 Å². The van der Waals surface area contributed by atoms with Crippen LogP contribution in [0.25, 0.3) is 0 Å². The first kappa shape index (κ1) is 12.5. The molecule has 0 bridgehead atoms. The van der Waals surface area contributed by atoms with Gasteiger partial charge in [0, 0.05) is 12.2 Å². The summed E-state index contributed by atoms with van der Waals surface area (Å²) in [5.41, 5.74) is 0.347. The number of hydrogen-bond donors (Lipinski definition) is 1. The Kier molecular flexibility index (Phi) is 4.07. The van der Waals surface area contributed by atoms with E-state index >= 15 is 0 Å². The predicted molar refractivity (Wildman–Crippen MR) is 61.7 cm³/mol. The third-order valence-corrected chi connectivity index (χ3v) is 3.19. The van der Waals surface area contributed by atoms with Crippen molar-refractivity contribution in [2.24, 2.45) is 0 Å². The van der Waals surface area contributed by atoms with Gasteiger partial charge in [0.25, 0.3) is 0 Å². The Hall–Kier alpha value is -1.00. The van der Waals surface area contributed by atoms with Crippen LogP contribution in [0.1, 0.15) is 30.9 Å². The molecule has 0 amide bonds. The number of hydrogen-bond acceptors (Lipinski definition) is 2. The second-order valence-corrected chi connectivity index (χ2v) is 4.34. The van der Waals surface area contributed by atoms with Gasteiger partial charge in [-0.05, 0) is 44.5 Å². The van der Waals surface area contributed by atoms with Crippen LogP contribution < -0.4 is 5.32 Å². The molecule has 0 radical (unpaired) electrons. The average molecular weight is 241 g/mol. The first-order valence-corrected chi connectivity index (χ1v) is 5.96. The molecule has 1 fully saturated rings. The van der Waals surface area contributed by atoms with E-state index in [1.54, 1.807) is 7.05 Å². The summed E-state index contributed by atoms with van der Waals surface area (Å²) in [7, 11) is 1.74. The van der Waals surface area contributed by atoms with Crippen LogP contribution >= 0.6 is 0 Å². The molecule has 17 heavy (non-hydrogen) atoms. The molecule has 1 N–H and O–H groups in total. The normalized spacial score (nSPS) is 22.4. The Labute approximate surface area is 100.0 Å². The van der Waals surface area contributed by atoms with Gasteiger partial charge < -0.3 is 10.1 Å². The lowest BCUT2D eigenvalue weighted by atomic mass is 9.95. The van der Waals surface area contributed by atoms with Gasteiger partial charge in [0.1, 0.15) is 11.6 Å². The molecule has 1 aromatic carbocycles. The molecule has 2 atom stereocenters. The SMILES string of the molecule is CNC(c1cc(F)ccc1F)C1CCCCO1. The smallest absolute Gasteiger partial charge is 0.128 e. The van der Waals surface area contributed by atoms with Crippen molar-refractivity contribution in [1.82, 2.24) is 5.32 Å². The standard InChI is InChI=1S/C13H17F2NO/c1-16-13(12-4-2-3-7-17-12)10-8-9(14)5-6-11(10)15/h5-6,8,12-13,16H,2-4,7H2,1H3. The van der Waals surface area contributed by atoms with E-state index in [4.69, 9.17) is 4.74 Å². The molecule has 0 aliphatic carbocycles. The van der Waals surface area contributed by atoms with Gasteiger partial charge >= 0.3 is 0 Å². The van der Waals surface area contributed by atoms with Gasteiger partial charge in [0.2, 0.25) is 0 Å². The second kappa shape index (κ2) is 5.56. The van der Waals surface area contributed by atoms with Crippen molar-refractivity contribution in [3.63, 3.8) is 0 Å². The highest BCUT2D eigenvalue weighted by Crippen LogP contribution is 2.28. The summed E-state index contributed by atoms with van der Waals surface area (Å²) in [6.45, 7) is 0.694. The Morgan fingerprint density at radius 1 is 1.35 bits per heavy atom. The summed E-state index contributed by atoms with van der Waals surface area (Å²) in [5, 5.41) is 3.02. The topological polar surface area (TPSA) is 21.3 Å². The molecule has 0 saturated carbocycles. The van der Waals surface area contributed by atoms with Gasteiger partial charge in [-0.3, -0.25) is 0 Å². The van der Waals surface area contributed by atoms with Crippen molar-refractivity contribution < 1.29 is 13.5 Å². The highest BCUT2D eigenvalue weighted by atomic mass is 19.1. The Balaban J connectivity index is 2.24. The predicted octanol–water partition coefficient (Wildman–Crippen LogP) is 2.79. The quantitative estimate of drug-likeness (QED) is 0.878. The van der Waals surface area contributed by atoms with Gasteiger partial charge in [0.05, 0.1) is 12.1 Å². The summed E-state index contributed by atoms with van der Waals surface area (Å²) in [6.07, 6.45) is 2.91. The third-order valence-electron chi connectivity index (χ3n) is 3.19. The summed E-state index contributed by atoms with van der Waals surface area (Å²) in [6, 6.07) is 3.26. The van der Waals surface area contributed by atoms with E-state index in [-0.39, 0.29) is 18.0 Å². The molecular weight excluding hydrogens is 224 g/mol. The average Bonchev–Trinajstić information content (AvgIpc) is 2.36. The molecule has 4 heteroatoms. The van der Waals surface area contributed by atoms with Gasteiger partial charge in [0.15, 0.2) is 0 Å². The van der Waals surface area contributed by atoms with Crippen LogP contribution in [0.2, 0.25) is 0 Å². The van der Waals surface area contributed by atoms with Crippen LogP contribution in [0.15, 0.2) is 18.2 Å². The van der Waals surface area contributed by atoms with Crippen molar-refractivity contribution in [3.05, 3.63) is 35.4 Å². The Morgan fingerprint density at radius 3 is 2.82 bits per heavy atom. The van der Waals surface area contributed by atoms with Crippen LogP contribution in [0.4, 0.5) is 8.78 Å². The van der Waals surface area contributed by atoms with Crippen molar-refractivity contribution in [2.75, 3.05) is 13.7 Å². The molecule has 2 rings (SSSR count). The highest BCUT2D eigenvalue weighted by molar-refractivity contribution is 5.23. The molecule has 1 heterocycles. The second-order valence-electron chi connectivity index (χ2n) is 4.34. The van der Waals surface area contributed by atoms with Crippen LogP contribution in [0, 0.1) is 11.6 Å². The summed E-state index contributed by atoms with van der Waals surface area (Å²) < 4.78 is 32.5. The maximum atomic E-state index is 13.7. The third kappa shape index (κ3) is 2.82. The molecular formula is C13H17F2NO. The van der Waals surface area contributed by atoms with Crippen molar-refractivity contribution >= 4 is 0 Å². The molecule has 0 spiro atoms. The van der Waals surface area contributed by atoms with E-state index in [9.17, 15) is 8.78 Å². The molecule has 1 aromatic rings. The van der Waals surface area contributed by atoms with Crippen molar-refractivity contribution in [2.45, 2.75) is 31.4 Å². The lowest BCUT2D eigenvalue weighted by Crippen LogP contribution is -2.34.